The highest BCUT2D eigenvalue weighted by Gasteiger charge is 2.16. The van der Waals surface area contributed by atoms with Gasteiger partial charge in [-0.05, 0) is 31.8 Å². The third-order valence-corrected chi connectivity index (χ3v) is 4.34. The number of aromatic nitrogens is 1. The Hall–Kier alpha value is -0.940. The van der Waals surface area contributed by atoms with Gasteiger partial charge < -0.3 is 10.6 Å². The maximum atomic E-state index is 11.9. The molecule has 1 aromatic rings. The number of nitrogens with one attached hydrogen (secondary N) is 2. The molecule has 4 nitrogen and oxygen atoms in total. The number of carbonyl (C=O) groups excluding carboxylic acids is 1. The lowest BCUT2D eigenvalue weighted by Crippen LogP contribution is -2.38. The SMILES string of the molecule is CC(C)c1nc(C(=O)NCC2CCCNC2)cs1. The second-order valence-corrected chi connectivity index (χ2v) is 6.04. The quantitative estimate of drug-likeness (QED) is 0.877. The summed E-state index contributed by atoms with van der Waals surface area (Å²) in [5.74, 6) is 0.911. The molecular weight excluding hydrogens is 246 g/mol. The lowest BCUT2D eigenvalue weighted by atomic mass is 10.00. The largest absolute Gasteiger partial charge is 0.350 e. The van der Waals surface area contributed by atoms with Crippen molar-refractivity contribution in [2.75, 3.05) is 19.6 Å². The Kier molecular flexibility index (Phi) is 4.72. The molecule has 0 aliphatic carbocycles. The van der Waals surface area contributed by atoms with Crippen LogP contribution in [0, 0.1) is 5.92 Å². The fourth-order valence-electron chi connectivity index (χ4n) is 2.08. The molecule has 2 N–H and O–H groups in total. The summed E-state index contributed by atoms with van der Waals surface area (Å²) >= 11 is 1.56. The van der Waals surface area contributed by atoms with Crippen LogP contribution in [0.1, 0.15) is 48.1 Å². The molecule has 1 unspecified atom stereocenters. The van der Waals surface area contributed by atoms with Crippen molar-refractivity contribution in [3.63, 3.8) is 0 Å². The number of amides is 1. The van der Waals surface area contributed by atoms with Gasteiger partial charge in [-0.25, -0.2) is 4.98 Å². The fraction of sp³-hybridized carbons (Fsp3) is 0.692. The number of piperidine rings is 1. The zero-order chi connectivity index (χ0) is 13.0. The Morgan fingerprint density at radius 3 is 3.11 bits per heavy atom. The fourth-order valence-corrected chi connectivity index (χ4v) is 2.90. The second kappa shape index (κ2) is 6.29. The van der Waals surface area contributed by atoms with E-state index in [-0.39, 0.29) is 5.91 Å². The van der Waals surface area contributed by atoms with Gasteiger partial charge in [0.15, 0.2) is 0 Å². The summed E-state index contributed by atoms with van der Waals surface area (Å²) in [6, 6.07) is 0. The zero-order valence-corrected chi connectivity index (χ0v) is 11.8. The Bertz CT molecular complexity index is 397. The molecular formula is C13H21N3OS. The van der Waals surface area contributed by atoms with Crippen molar-refractivity contribution < 1.29 is 4.79 Å². The van der Waals surface area contributed by atoms with Crippen molar-refractivity contribution in [2.45, 2.75) is 32.6 Å². The van der Waals surface area contributed by atoms with E-state index in [1.165, 1.54) is 12.8 Å². The van der Waals surface area contributed by atoms with Crippen molar-refractivity contribution in [1.29, 1.82) is 0 Å². The van der Waals surface area contributed by atoms with Crippen molar-refractivity contribution in [3.8, 4) is 0 Å². The normalized spacial score (nSPS) is 20.1. The van der Waals surface area contributed by atoms with E-state index in [2.05, 4.69) is 29.5 Å². The van der Waals surface area contributed by atoms with Gasteiger partial charge in [-0.2, -0.15) is 0 Å². The molecule has 0 aromatic carbocycles. The van der Waals surface area contributed by atoms with Crippen LogP contribution < -0.4 is 10.6 Å². The van der Waals surface area contributed by atoms with Crippen LogP contribution in [0.4, 0.5) is 0 Å². The van der Waals surface area contributed by atoms with Crippen molar-refractivity contribution >= 4 is 17.2 Å². The summed E-state index contributed by atoms with van der Waals surface area (Å²) in [6.07, 6.45) is 2.40. The molecule has 1 atom stereocenters. The van der Waals surface area contributed by atoms with Gasteiger partial charge in [0.05, 0.1) is 5.01 Å². The van der Waals surface area contributed by atoms with Gasteiger partial charge >= 0.3 is 0 Å². The number of hydrogen-bond acceptors (Lipinski definition) is 4. The first-order valence-corrected chi connectivity index (χ1v) is 7.49. The molecule has 0 spiro atoms. The first-order chi connectivity index (χ1) is 8.66. The van der Waals surface area contributed by atoms with Gasteiger partial charge in [0.2, 0.25) is 0 Å². The van der Waals surface area contributed by atoms with E-state index >= 15 is 0 Å². The van der Waals surface area contributed by atoms with Crippen LogP contribution in [0.25, 0.3) is 0 Å². The maximum absolute atomic E-state index is 11.9. The van der Waals surface area contributed by atoms with Crippen LogP contribution >= 0.6 is 11.3 Å². The minimum atomic E-state index is -0.0382. The number of rotatable bonds is 4. The van der Waals surface area contributed by atoms with Gasteiger partial charge in [-0.1, -0.05) is 13.8 Å². The Labute approximate surface area is 112 Å². The third kappa shape index (κ3) is 3.53. The average Bonchev–Trinajstić information content (AvgIpc) is 2.87. The standard InChI is InChI=1S/C13H21N3OS/c1-9(2)13-16-11(8-18-13)12(17)15-7-10-4-3-5-14-6-10/h8-10,14H,3-7H2,1-2H3,(H,15,17). The molecule has 0 saturated carbocycles. The van der Waals surface area contributed by atoms with E-state index in [4.69, 9.17) is 0 Å². The van der Waals surface area contributed by atoms with Crippen LogP contribution in [0.2, 0.25) is 0 Å². The molecule has 100 valence electrons. The first-order valence-electron chi connectivity index (χ1n) is 6.61. The van der Waals surface area contributed by atoms with Crippen LogP contribution in [0.3, 0.4) is 0 Å². The summed E-state index contributed by atoms with van der Waals surface area (Å²) in [5, 5.41) is 9.22. The van der Waals surface area contributed by atoms with Crippen LogP contribution in [-0.4, -0.2) is 30.5 Å². The van der Waals surface area contributed by atoms with Gasteiger partial charge in [0.1, 0.15) is 5.69 Å². The zero-order valence-electron chi connectivity index (χ0n) is 11.0. The molecule has 0 bridgehead atoms. The van der Waals surface area contributed by atoms with E-state index in [1.54, 1.807) is 11.3 Å². The van der Waals surface area contributed by atoms with Gasteiger partial charge in [0, 0.05) is 17.8 Å². The number of carbonyl (C=O) groups is 1. The summed E-state index contributed by atoms with van der Waals surface area (Å²) in [5.41, 5.74) is 0.562. The third-order valence-electron chi connectivity index (χ3n) is 3.20. The molecule has 1 amide bonds. The molecule has 1 aromatic heterocycles. The van der Waals surface area contributed by atoms with Crippen molar-refractivity contribution in [2.24, 2.45) is 5.92 Å². The van der Waals surface area contributed by atoms with Crippen LogP contribution in [0.15, 0.2) is 5.38 Å². The summed E-state index contributed by atoms with van der Waals surface area (Å²) < 4.78 is 0. The van der Waals surface area contributed by atoms with E-state index in [0.717, 1.165) is 24.6 Å². The molecule has 1 fully saturated rings. The molecule has 5 heteroatoms. The Morgan fingerprint density at radius 1 is 1.67 bits per heavy atom. The number of nitrogens with zero attached hydrogens (tertiary/aromatic N) is 1. The van der Waals surface area contributed by atoms with Crippen LogP contribution in [-0.2, 0) is 0 Å². The first kappa shape index (κ1) is 13.5. The minimum absolute atomic E-state index is 0.0382. The smallest absolute Gasteiger partial charge is 0.270 e. The predicted octanol–water partition coefficient (Wildman–Crippen LogP) is 2.00. The highest BCUT2D eigenvalue weighted by Crippen LogP contribution is 2.19. The molecule has 0 radical (unpaired) electrons. The summed E-state index contributed by atoms with van der Waals surface area (Å²) in [6.45, 7) is 7.05. The molecule has 1 aliphatic heterocycles. The van der Waals surface area contributed by atoms with Gasteiger partial charge in [-0.15, -0.1) is 11.3 Å². The van der Waals surface area contributed by atoms with Gasteiger partial charge in [-0.3, -0.25) is 4.79 Å². The summed E-state index contributed by atoms with van der Waals surface area (Å²) in [7, 11) is 0. The topological polar surface area (TPSA) is 54.0 Å². The average molecular weight is 267 g/mol. The Morgan fingerprint density at radius 2 is 2.50 bits per heavy atom. The van der Waals surface area contributed by atoms with E-state index in [1.807, 2.05) is 5.38 Å². The van der Waals surface area contributed by atoms with Crippen molar-refractivity contribution in [1.82, 2.24) is 15.6 Å². The highest BCUT2D eigenvalue weighted by molar-refractivity contribution is 7.09. The van der Waals surface area contributed by atoms with E-state index < -0.39 is 0 Å². The predicted molar refractivity (Wildman–Crippen MR) is 74.1 cm³/mol. The highest BCUT2D eigenvalue weighted by atomic mass is 32.1. The Balaban J connectivity index is 1.83. The molecule has 2 heterocycles. The van der Waals surface area contributed by atoms with E-state index in [9.17, 15) is 4.79 Å². The maximum Gasteiger partial charge on any atom is 0.270 e. The molecule has 2 rings (SSSR count). The number of thiazole rings is 1. The van der Waals surface area contributed by atoms with Crippen LogP contribution in [0.5, 0.6) is 0 Å². The number of hydrogen-bond donors (Lipinski definition) is 2. The van der Waals surface area contributed by atoms with Crippen molar-refractivity contribution in [3.05, 3.63) is 16.1 Å². The second-order valence-electron chi connectivity index (χ2n) is 5.15. The molecule has 1 aliphatic rings. The lowest BCUT2D eigenvalue weighted by Gasteiger charge is -2.22. The molecule has 1 saturated heterocycles. The lowest BCUT2D eigenvalue weighted by molar-refractivity contribution is 0.0940. The minimum Gasteiger partial charge on any atom is -0.350 e. The monoisotopic (exact) mass is 267 g/mol. The molecule has 18 heavy (non-hydrogen) atoms. The summed E-state index contributed by atoms with van der Waals surface area (Å²) in [4.78, 5) is 16.3. The van der Waals surface area contributed by atoms with Gasteiger partial charge in [0.25, 0.3) is 5.91 Å². The van der Waals surface area contributed by atoms with E-state index in [0.29, 0.717) is 17.5 Å².